The summed E-state index contributed by atoms with van der Waals surface area (Å²) in [6, 6.07) is 0. The summed E-state index contributed by atoms with van der Waals surface area (Å²) in [6.07, 6.45) is 2.04. The van der Waals surface area contributed by atoms with Crippen molar-refractivity contribution in [2.75, 3.05) is 20.2 Å². The van der Waals surface area contributed by atoms with Crippen molar-refractivity contribution >= 4 is 0 Å². The maximum absolute atomic E-state index is 8.07. The maximum Gasteiger partial charge on any atom is 0.0430 e. The number of hydrogen-bond donors (Lipinski definition) is 2. The summed E-state index contributed by atoms with van der Waals surface area (Å²) in [6.45, 7) is 5.53. The molecular weight excluding hydrogens is 114 g/mol. The molecule has 0 aromatic rings. The fourth-order valence-corrected chi connectivity index (χ4v) is 0.158. The molecule has 0 bridgehead atoms. The van der Waals surface area contributed by atoms with Crippen LogP contribution in [0.2, 0.25) is 0 Å². The maximum atomic E-state index is 8.07. The molecule has 2 N–H and O–H groups in total. The van der Waals surface area contributed by atoms with Gasteiger partial charge in [0.2, 0.25) is 0 Å². The van der Waals surface area contributed by atoms with Crippen LogP contribution in [0, 0.1) is 0 Å². The molecule has 0 aliphatic heterocycles. The monoisotopic (exact) mass is 133 g/mol. The van der Waals surface area contributed by atoms with E-state index in [0.29, 0.717) is 6.61 Å². The average Bonchev–Trinajstić information content (AvgIpc) is 1.91. The summed E-state index contributed by atoms with van der Waals surface area (Å²) < 4.78 is 0. The molecule has 0 spiro atoms. The molecule has 0 rings (SSSR count). The molecule has 2 nitrogen and oxygen atoms in total. The molecule has 0 unspecified atom stereocenters. The molecule has 9 heavy (non-hydrogen) atoms. The van der Waals surface area contributed by atoms with E-state index in [2.05, 4.69) is 19.2 Å². The third kappa shape index (κ3) is 32.6. The molecule has 0 fully saturated rings. The Labute approximate surface area is 58.3 Å². The first kappa shape index (κ1) is 11.7. The topological polar surface area (TPSA) is 32.3 Å². The number of aliphatic hydroxyl groups excluding tert-OH is 1. The Morgan fingerprint density at radius 2 is 1.78 bits per heavy atom. The van der Waals surface area contributed by atoms with Crippen LogP contribution in [0.5, 0.6) is 0 Å². The number of hydrogen-bond acceptors (Lipinski definition) is 2. The molecule has 2 heteroatoms. The number of aliphatic hydroxyl groups is 1. The van der Waals surface area contributed by atoms with Gasteiger partial charge in [-0.2, -0.15) is 0 Å². The van der Waals surface area contributed by atoms with Crippen LogP contribution in [0.1, 0.15) is 26.7 Å². The zero-order valence-electron chi connectivity index (χ0n) is 6.78. The van der Waals surface area contributed by atoms with E-state index in [0.717, 1.165) is 19.4 Å². The molecule has 0 amide bonds. The fourth-order valence-electron chi connectivity index (χ4n) is 0.158. The predicted molar refractivity (Wildman–Crippen MR) is 41.6 cm³/mol. The highest BCUT2D eigenvalue weighted by molar-refractivity contribution is 4.23. The molecule has 0 saturated carbocycles. The standard InChI is InChI=1S/C4H10O.C3H9N/c1-2-3-4-5;1-3-4-2/h5H,2-4H2,1H3;4H,3H2,1-2H3. The van der Waals surface area contributed by atoms with Crippen LogP contribution in [0.3, 0.4) is 0 Å². The van der Waals surface area contributed by atoms with E-state index in [4.69, 9.17) is 5.11 Å². The van der Waals surface area contributed by atoms with Gasteiger partial charge in [0, 0.05) is 6.61 Å². The lowest BCUT2D eigenvalue weighted by Crippen LogP contribution is -2.01. The van der Waals surface area contributed by atoms with E-state index in [1.54, 1.807) is 0 Å². The molecular formula is C7H19NO. The van der Waals surface area contributed by atoms with Gasteiger partial charge >= 0.3 is 0 Å². The number of unbranched alkanes of at least 4 members (excludes halogenated alkanes) is 1. The van der Waals surface area contributed by atoms with Gasteiger partial charge in [-0.1, -0.05) is 20.3 Å². The molecule has 58 valence electrons. The van der Waals surface area contributed by atoms with Crippen molar-refractivity contribution in [2.45, 2.75) is 26.7 Å². The van der Waals surface area contributed by atoms with Crippen LogP contribution >= 0.6 is 0 Å². The van der Waals surface area contributed by atoms with Gasteiger partial charge < -0.3 is 10.4 Å². The predicted octanol–water partition coefficient (Wildman–Crippen LogP) is 1.00. The van der Waals surface area contributed by atoms with Gasteiger partial charge in [-0.25, -0.2) is 0 Å². The fraction of sp³-hybridized carbons (Fsp3) is 1.00. The van der Waals surface area contributed by atoms with E-state index in [-0.39, 0.29) is 0 Å². The Morgan fingerprint density at radius 1 is 1.33 bits per heavy atom. The van der Waals surface area contributed by atoms with E-state index < -0.39 is 0 Å². The molecule has 0 heterocycles. The lowest BCUT2D eigenvalue weighted by molar-refractivity contribution is 0.287. The van der Waals surface area contributed by atoms with Crippen LogP contribution in [-0.4, -0.2) is 25.3 Å². The Bertz CT molecular complexity index is 28.1. The first-order valence-corrected chi connectivity index (χ1v) is 3.58. The Morgan fingerprint density at radius 3 is 1.78 bits per heavy atom. The van der Waals surface area contributed by atoms with Gasteiger partial charge in [0.25, 0.3) is 0 Å². The first-order valence-electron chi connectivity index (χ1n) is 3.58. The second-order valence-electron chi connectivity index (χ2n) is 1.78. The zero-order chi connectivity index (χ0) is 7.54. The van der Waals surface area contributed by atoms with Crippen LogP contribution in [0.15, 0.2) is 0 Å². The smallest absolute Gasteiger partial charge is 0.0430 e. The Hall–Kier alpha value is -0.0800. The molecule has 0 aromatic carbocycles. The van der Waals surface area contributed by atoms with Gasteiger partial charge in [-0.15, -0.1) is 0 Å². The minimum atomic E-state index is 0.344. The quantitative estimate of drug-likeness (QED) is 0.602. The van der Waals surface area contributed by atoms with Crippen molar-refractivity contribution in [3.05, 3.63) is 0 Å². The van der Waals surface area contributed by atoms with Gasteiger partial charge in [0.15, 0.2) is 0 Å². The molecule has 0 saturated heterocycles. The van der Waals surface area contributed by atoms with Gasteiger partial charge in [0.05, 0.1) is 0 Å². The summed E-state index contributed by atoms with van der Waals surface area (Å²) in [7, 11) is 1.93. The molecule has 0 aliphatic carbocycles. The largest absolute Gasteiger partial charge is 0.396 e. The lowest BCUT2D eigenvalue weighted by Gasteiger charge is -1.79. The van der Waals surface area contributed by atoms with E-state index >= 15 is 0 Å². The normalized spacial score (nSPS) is 8.00. The van der Waals surface area contributed by atoms with E-state index in [1.807, 2.05) is 7.05 Å². The summed E-state index contributed by atoms with van der Waals surface area (Å²) in [5, 5.41) is 11.0. The lowest BCUT2D eigenvalue weighted by atomic mass is 10.4. The molecule has 0 aliphatic rings. The molecule has 0 radical (unpaired) electrons. The number of nitrogens with one attached hydrogen (secondary N) is 1. The third-order valence-electron chi connectivity index (χ3n) is 0.865. The Kier molecular flexibility index (Phi) is 20.3. The third-order valence-corrected chi connectivity index (χ3v) is 0.865. The summed E-state index contributed by atoms with van der Waals surface area (Å²) in [5.74, 6) is 0. The van der Waals surface area contributed by atoms with Crippen LogP contribution < -0.4 is 5.32 Å². The zero-order valence-corrected chi connectivity index (χ0v) is 6.78. The van der Waals surface area contributed by atoms with E-state index in [1.165, 1.54) is 0 Å². The van der Waals surface area contributed by atoms with Gasteiger partial charge in [-0.05, 0) is 20.0 Å². The van der Waals surface area contributed by atoms with Crippen molar-refractivity contribution in [1.29, 1.82) is 0 Å². The van der Waals surface area contributed by atoms with Crippen molar-refractivity contribution in [3.8, 4) is 0 Å². The highest BCUT2D eigenvalue weighted by Crippen LogP contribution is 1.78. The van der Waals surface area contributed by atoms with Crippen molar-refractivity contribution in [1.82, 2.24) is 5.32 Å². The summed E-state index contributed by atoms with van der Waals surface area (Å²) >= 11 is 0. The van der Waals surface area contributed by atoms with Crippen molar-refractivity contribution in [2.24, 2.45) is 0 Å². The van der Waals surface area contributed by atoms with E-state index in [9.17, 15) is 0 Å². The Balaban J connectivity index is 0. The average molecular weight is 133 g/mol. The van der Waals surface area contributed by atoms with Crippen molar-refractivity contribution < 1.29 is 5.11 Å². The van der Waals surface area contributed by atoms with Crippen LogP contribution in [-0.2, 0) is 0 Å². The second-order valence-corrected chi connectivity index (χ2v) is 1.78. The first-order chi connectivity index (χ1) is 4.33. The minimum Gasteiger partial charge on any atom is -0.396 e. The van der Waals surface area contributed by atoms with Gasteiger partial charge in [0.1, 0.15) is 0 Å². The van der Waals surface area contributed by atoms with Crippen LogP contribution in [0.25, 0.3) is 0 Å². The van der Waals surface area contributed by atoms with Crippen molar-refractivity contribution in [3.63, 3.8) is 0 Å². The highest BCUT2D eigenvalue weighted by atomic mass is 16.2. The minimum absolute atomic E-state index is 0.344. The highest BCUT2D eigenvalue weighted by Gasteiger charge is 1.69. The van der Waals surface area contributed by atoms with Gasteiger partial charge in [-0.3, -0.25) is 0 Å². The number of rotatable bonds is 3. The second kappa shape index (κ2) is 15.7. The van der Waals surface area contributed by atoms with Crippen LogP contribution in [0.4, 0.5) is 0 Å². The summed E-state index contributed by atoms with van der Waals surface area (Å²) in [4.78, 5) is 0. The molecule has 0 aromatic heterocycles. The molecule has 0 atom stereocenters. The SMILES string of the molecule is CCCCO.CCNC. The summed E-state index contributed by atoms with van der Waals surface area (Å²) in [5.41, 5.74) is 0.